The van der Waals surface area contributed by atoms with Gasteiger partial charge in [0.2, 0.25) is 0 Å². The van der Waals surface area contributed by atoms with Gasteiger partial charge < -0.3 is 9.64 Å². The van der Waals surface area contributed by atoms with E-state index in [4.69, 9.17) is 4.74 Å². The molecule has 138 valence electrons. The Hall–Kier alpha value is -2.29. The van der Waals surface area contributed by atoms with Crippen molar-refractivity contribution in [1.82, 2.24) is 4.90 Å². The molecule has 0 bridgehead atoms. The van der Waals surface area contributed by atoms with Crippen molar-refractivity contribution in [2.75, 3.05) is 7.11 Å². The highest BCUT2D eigenvalue weighted by molar-refractivity contribution is 5.97. The predicted molar refractivity (Wildman–Crippen MR) is 106 cm³/mol. The summed E-state index contributed by atoms with van der Waals surface area (Å²) in [6.45, 7) is 10.2. The zero-order valence-corrected chi connectivity index (χ0v) is 16.5. The molecule has 3 rings (SSSR count). The fraction of sp³-hybridized carbons (Fsp3) is 0.435. The molecule has 0 aliphatic carbocycles. The maximum absolute atomic E-state index is 13.2. The number of hydrogen-bond donors (Lipinski definition) is 0. The number of carbonyl (C=O) groups is 1. The van der Waals surface area contributed by atoms with Gasteiger partial charge in [0.15, 0.2) is 0 Å². The molecule has 1 heterocycles. The van der Waals surface area contributed by atoms with Gasteiger partial charge in [0.1, 0.15) is 5.75 Å². The lowest BCUT2D eigenvalue weighted by atomic mass is 9.89. The second-order valence-corrected chi connectivity index (χ2v) is 7.93. The van der Waals surface area contributed by atoms with Crippen LogP contribution in [0.1, 0.15) is 66.2 Å². The Morgan fingerprint density at radius 2 is 1.69 bits per heavy atom. The van der Waals surface area contributed by atoms with E-state index in [1.165, 1.54) is 22.3 Å². The average Bonchev–Trinajstić information content (AvgIpc) is 3.04. The fourth-order valence-corrected chi connectivity index (χ4v) is 3.78. The molecule has 2 aromatic carbocycles. The molecule has 1 amide bonds. The lowest BCUT2D eigenvalue weighted by Crippen LogP contribution is -2.26. The molecule has 1 aliphatic heterocycles. The molecule has 0 saturated heterocycles. The predicted octanol–water partition coefficient (Wildman–Crippen LogP) is 5.17. The molecular weight excluding hydrogens is 322 g/mol. The number of rotatable bonds is 5. The number of fused-ring (bicyclic) bond motifs is 1. The van der Waals surface area contributed by atoms with E-state index in [0.717, 1.165) is 6.42 Å². The molecule has 0 fully saturated rings. The summed E-state index contributed by atoms with van der Waals surface area (Å²) in [6, 6.07) is 12.4. The summed E-state index contributed by atoms with van der Waals surface area (Å²) in [5, 5.41) is 0. The minimum atomic E-state index is 0.0519. The summed E-state index contributed by atoms with van der Waals surface area (Å²) in [4.78, 5) is 15.2. The smallest absolute Gasteiger partial charge is 0.258 e. The van der Waals surface area contributed by atoms with Crippen LogP contribution in [0.5, 0.6) is 5.75 Å². The Morgan fingerprint density at radius 1 is 1.08 bits per heavy atom. The monoisotopic (exact) mass is 351 g/mol. The van der Waals surface area contributed by atoms with Crippen molar-refractivity contribution in [2.45, 2.75) is 53.1 Å². The molecule has 0 atom stereocenters. The first-order valence-electron chi connectivity index (χ1n) is 9.47. The molecule has 3 nitrogen and oxygen atoms in total. The Labute approximate surface area is 157 Å². The molecular formula is C23H29NO2. The third-order valence-electron chi connectivity index (χ3n) is 5.07. The summed E-state index contributed by atoms with van der Waals surface area (Å²) in [5.74, 6) is 1.67. The van der Waals surface area contributed by atoms with Gasteiger partial charge in [0, 0.05) is 13.1 Å². The van der Waals surface area contributed by atoms with Crippen molar-refractivity contribution in [1.29, 1.82) is 0 Å². The topological polar surface area (TPSA) is 29.5 Å². The molecule has 0 spiro atoms. The van der Waals surface area contributed by atoms with Crippen LogP contribution in [0.4, 0.5) is 0 Å². The lowest BCUT2D eigenvalue weighted by Gasteiger charge is -2.22. The van der Waals surface area contributed by atoms with Crippen molar-refractivity contribution >= 4 is 5.91 Å². The maximum Gasteiger partial charge on any atom is 0.258 e. The van der Waals surface area contributed by atoms with Crippen LogP contribution in [0, 0.1) is 5.92 Å². The normalized spacial score (nSPS) is 13.4. The van der Waals surface area contributed by atoms with Crippen molar-refractivity contribution in [3.05, 3.63) is 64.2 Å². The third kappa shape index (κ3) is 3.62. The van der Waals surface area contributed by atoms with Crippen molar-refractivity contribution < 1.29 is 9.53 Å². The second-order valence-electron chi connectivity index (χ2n) is 7.93. The molecule has 1 aliphatic rings. The standard InChI is InChI=1S/C23H29NO2/c1-15(2)10-19-11-22(26-5)21(12-20(19)16(3)4)23(25)24-13-17-8-6-7-9-18(17)14-24/h6-9,11-12,15-16H,10,13-14H2,1-5H3. The van der Waals surface area contributed by atoms with Crippen LogP contribution in [0.25, 0.3) is 0 Å². The zero-order chi connectivity index (χ0) is 18.8. The van der Waals surface area contributed by atoms with Crippen LogP contribution < -0.4 is 4.74 Å². The Bertz CT molecular complexity index is 783. The average molecular weight is 351 g/mol. The van der Waals surface area contributed by atoms with Gasteiger partial charge >= 0.3 is 0 Å². The first-order chi connectivity index (χ1) is 12.4. The van der Waals surface area contributed by atoms with Gasteiger partial charge in [-0.3, -0.25) is 4.79 Å². The molecule has 0 saturated carbocycles. The summed E-state index contributed by atoms with van der Waals surface area (Å²) >= 11 is 0. The van der Waals surface area contributed by atoms with Crippen molar-refractivity contribution in [3.63, 3.8) is 0 Å². The van der Waals surface area contributed by atoms with E-state index in [-0.39, 0.29) is 5.91 Å². The highest BCUT2D eigenvalue weighted by Crippen LogP contribution is 2.33. The maximum atomic E-state index is 13.2. The van der Waals surface area contributed by atoms with Crippen molar-refractivity contribution in [3.8, 4) is 5.75 Å². The van der Waals surface area contributed by atoms with Crippen LogP contribution in [0.3, 0.4) is 0 Å². The highest BCUT2D eigenvalue weighted by Gasteiger charge is 2.27. The molecule has 0 aromatic heterocycles. The van der Waals surface area contributed by atoms with Crippen LogP contribution in [-0.4, -0.2) is 17.9 Å². The van der Waals surface area contributed by atoms with E-state index in [1.54, 1.807) is 7.11 Å². The second kappa shape index (κ2) is 7.53. The minimum absolute atomic E-state index is 0.0519. The Kier molecular flexibility index (Phi) is 5.36. The zero-order valence-electron chi connectivity index (χ0n) is 16.5. The summed E-state index contributed by atoms with van der Waals surface area (Å²) in [7, 11) is 1.65. The molecule has 26 heavy (non-hydrogen) atoms. The molecule has 0 unspecified atom stereocenters. The first kappa shape index (κ1) is 18.5. The van der Waals surface area contributed by atoms with Gasteiger partial charge in [0.25, 0.3) is 5.91 Å². The number of benzene rings is 2. The van der Waals surface area contributed by atoms with Crippen LogP contribution in [-0.2, 0) is 19.5 Å². The van der Waals surface area contributed by atoms with Crippen LogP contribution >= 0.6 is 0 Å². The van der Waals surface area contributed by atoms with E-state index < -0.39 is 0 Å². The number of hydrogen-bond acceptors (Lipinski definition) is 2. The number of carbonyl (C=O) groups excluding carboxylic acids is 1. The number of methoxy groups -OCH3 is 1. The number of amides is 1. The molecule has 3 heteroatoms. The van der Waals surface area contributed by atoms with Crippen LogP contribution in [0.15, 0.2) is 36.4 Å². The van der Waals surface area contributed by atoms with Gasteiger partial charge in [-0.15, -0.1) is 0 Å². The van der Waals surface area contributed by atoms with E-state index in [0.29, 0.717) is 36.2 Å². The molecule has 0 N–H and O–H groups in total. The molecule has 2 aromatic rings. The largest absolute Gasteiger partial charge is 0.496 e. The summed E-state index contributed by atoms with van der Waals surface area (Å²) in [5.41, 5.74) is 5.69. The van der Waals surface area contributed by atoms with E-state index in [1.807, 2.05) is 17.0 Å². The first-order valence-corrected chi connectivity index (χ1v) is 9.47. The van der Waals surface area contributed by atoms with Gasteiger partial charge in [-0.1, -0.05) is 52.0 Å². The van der Waals surface area contributed by atoms with E-state index in [2.05, 4.69) is 52.0 Å². The quantitative estimate of drug-likeness (QED) is 0.743. The Morgan fingerprint density at radius 3 is 2.19 bits per heavy atom. The van der Waals surface area contributed by atoms with Gasteiger partial charge in [-0.05, 0) is 52.6 Å². The van der Waals surface area contributed by atoms with Crippen molar-refractivity contribution in [2.24, 2.45) is 5.92 Å². The minimum Gasteiger partial charge on any atom is -0.496 e. The SMILES string of the molecule is COc1cc(CC(C)C)c(C(C)C)cc1C(=O)N1Cc2ccccc2C1. The lowest BCUT2D eigenvalue weighted by molar-refractivity contribution is 0.0748. The molecule has 0 radical (unpaired) electrons. The Balaban J connectivity index is 1.96. The van der Waals surface area contributed by atoms with Gasteiger partial charge in [-0.25, -0.2) is 0 Å². The highest BCUT2D eigenvalue weighted by atomic mass is 16.5. The van der Waals surface area contributed by atoms with Crippen LogP contribution in [0.2, 0.25) is 0 Å². The summed E-state index contributed by atoms with van der Waals surface area (Å²) in [6.07, 6.45) is 0.994. The fourth-order valence-electron chi connectivity index (χ4n) is 3.78. The van der Waals surface area contributed by atoms with E-state index in [9.17, 15) is 4.79 Å². The van der Waals surface area contributed by atoms with Gasteiger partial charge in [0.05, 0.1) is 12.7 Å². The van der Waals surface area contributed by atoms with Gasteiger partial charge in [-0.2, -0.15) is 0 Å². The number of nitrogens with zero attached hydrogens (tertiary/aromatic N) is 1. The van der Waals surface area contributed by atoms with E-state index >= 15 is 0 Å². The number of ether oxygens (including phenoxy) is 1. The summed E-state index contributed by atoms with van der Waals surface area (Å²) < 4.78 is 5.61. The third-order valence-corrected chi connectivity index (χ3v) is 5.07.